The number of carbonyl (C=O) groups excluding carboxylic acids is 2. The third-order valence-electron chi connectivity index (χ3n) is 5.77. The van der Waals surface area contributed by atoms with E-state index in [1.165, 1.54) is 0 Å². The van der Waals surface area contributed by atoms with Gasteiger partial charge in [-0.1, -0.05) is 29.8 Å². The maximum atomic E-state index is 13.6. The summed E-state index contributed by atoms with van der Waals surface area (Å²) in [6.45, 7) is 5.78. The summed E-state index contributed by atoms with van der Waals surface area (Å²) in [4.78, 5) is 26.2. The fourth-order valence-corrected chi connectivity index (χ4v) is 4.81. The molecule has 0 aliphatic heterocycles. The Morgan fingerprint density at radius 2 is 1.83 bits per heavy atom. The van der Waals surface area contributed by atoms with Crippen LogP contribution in [0.5, 0.6) is 5.75 Å². The lowest BCUT2D eigenvalue weighted by atomic mass is 9.77. The number of halogens is 2. The summed E-state index contributed by atoms with van der Waals surface area (Å²) in [5, 5.41) is 0.817. The Hall–Kier alpha value is -1.87. The maximum absolute atomic E-state index is 13.6. The molecule has 0 aliphatic rings. The van der Waals surface area contributed by atoms with E-state index in [0.29, 0.717) is 24.2 Å². The van der Waals surface area contributed by atoms with Crippen LogP contribution >= 0.6 is 38.5 Å². The van der Waals surface area contributed by atoms with Crippen LogP contribution < -0.4 is 10.5 Å². The van der Waals surface area contributed by atoms with Gasteiger partial charge in [-0.2, -0.15) is 0 Å². The van der Waals surface area contributed by atoms with E-state index in [9.17, 15) is 9.59 Å². The number of nitrogens with zero attached hydrogens (tertiary/aromatic N) is 1. The quantitative estimate of drug-likeness (QED) is 0.394. The lowest BCUT2D eigenvalue weighted by Gasteiger charge is -2.26. The van der Waals surface area contributed by atoms with Crippen LogP contribution in [0.3, 0.4) is 0 Å². The first-order chi connectivity index (χ1) is 14.2. The van der Waals surface area contributed by atoms with Gasteiger partial charge in [-0.3, -0.25) is 14.2 Å². The van der Waals surface area contributed by atoms with Crippen molar-refractivity contribution < 1.29 is 14.3 Å². The zero-order valence-corrected chi connectivity index (χ0v) is 21.1. The van der Waals surface area contributed by atoms with E-state index in [1.54, 1.807) is 23.8 Å². The van der Waals surface area contributed by atoms with E-state index in [4.69, 9.17) is 10.5 Å². The Bertz CT molecular complexity index is 1140. The summed E-state index contributed by atoms with van der Waals surface area (Å²) in [6, 6.07) is 11.1. The van der Waals surface area contributed by atoms with Crippen LogP contribution in [0, 0.1) is 3.57 Å². The molecule has 0 aliphatic carbocycles. The normalized spacial score (nSPS) is 13.3. The number of methoxy groups -OCH3 is 1. The molecule has 0 fully saturated rings. The Kier molecular flexibility index (Phi) is 6.62. The summed E-state index contributed by atoms with van der Waals surface area (Å²) in [5.41, 5.74) is 7.88. The van der Waals surface area contributed by atoms with Gasteiger partial charge in [-0.25, -0.2) is 0 Å². The minimum atomic E-state index is -0.910. The summed E-state index contributed by atoms with van der Waals surface area (Å²) in [7, 11) is 1.61. The number of nitrogens with two attached hydrogens (primary N) is 1. The van der Waals surface area contributed by atoms with Crippen LogP contribution in [-0.4, -0.2) is 23.5 Å². The van der Waals surface area contributed by atoms with Gasteiger partial charge in [0.25, 0.3) is 5.91 Å². The minimum absolute atomic E-state index is 0.139. The van der Waals surface area contributed by atoms with Crippen LogP contribution in [0.25, 0.3) is 10.9 Å². The van der Waals surface area contributed by atoms with Crippen molar-refractivity contribution in [3.63, 3.8) is 0 Å². The average molecular weight is 583 g/mol. The van der Waals surface area contributed by atoms with Gasteiger partial charge < -0.3 is 10.5 Å². The number of aromatic nitrogens is 1. The second kappa shape index (κ2) is 8.70. The van der Waals surface area contributed by atoms with E-state index in [0.717, 1.165) is 30.2 Å². The molecule has 158 valence electrons. The van der Waals surface area contributed by atoms with Crippen LogP contribution in [0.1, 0.15) is 48.8 Å². The number of fused-ring (bicyclic) bond motifs is 1. The highest BCUT2D eigenvalue weighted by Crippen LogP contribution is 2.41. The van der Waals surface area contributed by atoms with Crippen molar-refractivity contribution in [3.8, 4) is 5.75 Å². The molecule has 5 nitrogen and oxygen atoms in total. The third kappa shape index (κ3) is 3.66. The molecular weight excluding hydrogens is 559 g/mol. The number of hydrogen-bond donors (Lipinski definition) is 1. The molecule has 0 bridgehead atoms. The van der Waals surface area contributed by atoms with E-state index in [2.05, 4.69) is 38.5 Å². The molecule has 0 saturated heterocycles. The number of benzene rings is 2. The smallest absolute Gasteiger partial charge is 0.262 e. The molecule has 0 spiro atoms. The first-order valence-corrected chi connectivity index (χ1v) is 11.6. The van der Waals surface area contributed by atoms with Gasteiger partial charge in [0, 0.05) is 21.1 Å². The van der Waals surface area contributed by atoms with Crippen LogP contribution in [0.4, 0.5) is 0 Å². The Labute approximate surface area is 198 Å². The highest BCUT2D eigenvalue weighted by molar-refractivity contribution is 14.1. The van der Waals surface area contributed by atoms with Gasteiger partial charge in [0.05, 0.1) is 21.6 Å². The summed E-state index contributed by atoms with van der Waals surface area (Å²) < 4.78 is 9.05. The Morgan fingerprint density at radius 1 is 1.20 bits per heavy atom. The molecule has 0 saturated carbocycles. The lowest BCUT2D eigenvalue weighted by molar-refractivity contribution is -0.123. The van der Waals surface area contributed by atoms with Gasteiger partial charge in [0.2, 0.25) is 5.91 Å². The van der Waals surface area contributed by atoms with Crippen LogP contribution in [0.15, 0.2) is 40.9 Å². The average Bonchev–Trinajstić information content (AvgIpc) is 3.05. The van der Waals surface area contributed by atoms with Gasteiger partial charge >= 0.3 is 0 Å². The standard InChI is InChI=1S/C23H24BrIN2O3/c1-5-17-20(23(3,6-2)22(26)29)15-11-19(30-4)16(25)12-18(15)27(17)21(28)13-7-9-14(24)10-8-13/h7-12H,5-6H2,1-4H3,(H2,26,29). The Balaban J connectivity index is 2.45. The van der Waals surface area contributed by atoms with Crippen molar-refractivity contribution >= 4 is 61.2 Å². The second-order valence-electron chi connectivity index (χ2n) is 7.38. The number of hydrogen-bond acceptors (Lipinski definition) is 3. The van der Waals surface area contributed by atoms with Crippen molar-refractivity contribution in [2.45, 2.75) is 39.0 Å². The molecule has 1 heterocycles. The van der Waals surface area contributed by atoms with Gasteiger partial charge in [-0.05, 0) is 84.3 Å². The third-order valence-corrected chi connectivity index (χ3v) is 7.14. The summed E-state index contributed by atoms with van der Waals surface area (Å²) >= 11 is 5.61. The predicted molar refractivity (Wildman–Crippen MR) is 131 cm³/mol. The molecule has 2 N–H and O–H groups in total. The van der Waals surface area contributed by atoms with E-state index in [1.807, 2.05) is 45.0 Å². The van der Waals surface area contributed by atoms with Crippen molar-refractivity contribution in [2.24, 2.45) is 5.73 Å². The van der Waals surface area contributed by atoms with E-state index in [-0.39, 0.29) is 5.91 Å². The molecule has 3 rings (SSSR count). The summed E-state index contributed by atoms with van der Waals surface area (Å²) in [6.07, 6.45) is 1.10. The van der Waals surface area contributed by atoms with E-state index >= 15 is 0 Å². The predicted octanol–water partition coefficient (Wildman–Crippen LogP) is 5.42. The first kappa shape index (κ1) is 22.8. The molecule has 30 heavy (non-hydrogen) atoms. The molecule has 2 aromatic carbocycles. The van der Waals surface area contributed by atoms with Crippen molar-refractivity contribution in [2.75, 3.05) is 7.11 Å². The monoisotopic (exact) mass is 582 g/mol. The molecule has 7 heteroatoms. The van der Waals surface area contributed by atoms with Gasteiger partial charge in [-0.15, -0.1) is 0 Å². The molecule has 1 unspecified atom stereocenters. The zero-order valence-electron chi connectivity index (χ0n) is 17.4. The minimum Gasteiger partial charge on any atom is -0.496 e. The number of amides is 1. The molecule has 0 radical (unpaired) electrons. The summed E-state index contributed by atoms with van der Waals surface area (Å²) in [5.74, 6) is 0.148. The Morgan fingerprint density at radius 3 is 2.33 bits per heavy atom. The maximum Gasteiger partial charge on any atom is 0.262 e. The largest absolute Gasteiger partial charge is 0.496 e. The SMILES string of the molecule is CCc1c(C(C)(CC)C(N)=O)c2cc(OC)c(I)cc2n1C(=O)c1ccc(Br)cc1. The van der Waals surface area contributed by atoms with Crippen LogP contribution in [0.2, 0.25) is 0 Å². The van der Waals surface area contributed by atoms with Gasteiger partial charge in [0.1, 0.15) is 5.75 Å². The highest BCUT2D eigenvalue weighted by atomic mass is 127. The number of rotatable bonds is 6. The molecule has 1 amide bonds. The van der Waals surface area contributed by atoms with Gasteiger partial charge in [0.15, 0.2) is 0 Å². The van der Waals surface area contributed by atoms with E-state index < -0.39 is 11.3 Å². The fourth-order valence-electron chi connectivity index (χ4n) is 3.88. The molecule has 1 aromatic heterocycles. The molecular formula is C23H24BrIN2O3. The molecule has 1 atom stereocenters. The van der Waals surface area contributed by atoms with Crippen molar-refractivity contribution in [1.82, 2.24) is 4.57 Å². The zero-order chi connectivity index (χ0) is 22.2. The first-order valence-electron chi connectivity index (χ1n) is 9.71. The number of carbonyl (C=O) groups is 2. The van der Waals surface area contributed by atoms with Crippen molar-refractivity contribution in [1.29, 1.82) is 0 Å². The topological polar surface area (TPSA) is 74.3 Å². The second-order valence-corrected chi connectivity index (χ2v) is 9.45. The number of primary amides is 1. The molecule has 3 aromatic rings. The fraction of sp³-hybridized carbons (Fsp3) is 0.304. The number of ether oxygens (including phenoxy) is 1. The van der Waals surface area contributed by atoms with Crippen LogP contribution in [-0.2, 0) is 16.6 Å². The van der Waals surface area contributed by atoms with Crippen molar-refractivity contribution in [3.05, 3.63) is 61.3 Å². The lowest BCUT2D eigenvalue weighted by Crippen LogP contribution is -2.38. The highest BCUT2D eigenvalue weighted by Gasteiger charge is 2.38.